The number of aliphatic hydroxyl groups is 1. The number of aromatic nitrogens is 3. The second-order valence-electron chi connectivity index (χ2n) is 5.17. The van der Waals surface area contributed by atoms with E-state index in [4.69, 9.17) is 0 Å². The molecular weight excluding hydrogens is 325 g/mol. The van der Waals surface area contributed by atoms with Crippen molar-refractivity contribution >= 4 is 15.9 Å². The summed E-state index contributed by atoms with van der Waals surface area (Å²) < 4.78 is 15.7. The summed E-state index contributed by atoms with van der Waals surface area (Å²) in [4.78, 5) is 4.17. The fourth-order valence-corrected chi connectivity index (χ4v) is 2.49. The SMILES string of the molecule is CC(C)Cn1ncnc1CC(O)c1cc(F)cc(Br)c1. The average Bonchev–Trinajstić information content (AvgIpc) is 2.74. The molecule has 1 N–H and O–H groups in total. The molecule has 0 saturated carbocycles. The molecule has 1 aromatic carbocycles. The van der Waals surface area contributed by atoms with Gasteiger partial charge in [0, 0.05) is 17.4 Å². The van der Waals surface area contributed by atoms with Gasteiger partial charge in [0.2, 0.25) is 0 Å². The Hall–Kier alpha value is -1.27. The lowest BCUT2D eigenvalue weighted by molar-refractivity contribution is 0.173. The Morgan fingerprint density at radius 2 is 2.10 bits per heavy atom. The van der Waals surface area contributed by atoms with E-state index < -0.39 is 6.10 Å². The molecule has 0 aliphatic carbocycles. The van der Waals surface area contributed by atoms with Crippen molar-refractivity contribution in [3.63, 3.8) is 0 Å². The first-order chi connectivity index (χ1) is 9.45. The third-order valence-electron chi connectivity index (χ3n) is 2.88. The molecule has 0 saturated heterocycles. The maximum absolute atomic E-state index is 13.3. The van der Waals surface area contributed by atoms with Crippen molar-refractivity contribution in [2.45, 2.75) is 32.9 Å². The first kappa shape index (κ1) is 15.1. The van der Waals surface area contributed by atoms with Crippen molar-refractivity contribution in [1.82, 2.24) is 14.8 Å². The predicted octanol–water partition coefficient (Wildman–Crippen LogP) is 3.11. The van der Waals surface area contributed by atoms with E-state index in [9.17, 15) is 9.50 Å². The van der Waals surface area contributed by atoms with Crippen LogP contribution in [-0.4, -0.2) is 19.9 Å². The van der Waals surface area contributed by atoms with Crippen LogP contribution in [0.25, 0.3) is 0 Å². The molecule has 1 unspecified atom stereocenters. The van der Waals surface area contributed by atoms with Crippen molar-refractivity contribution in [3.8, 4) is 0 Å². The van der Waals surface area contributed by atoms with E-state index in [1.54, 1.807) is 10.7 Å². The monoisotopic (exact) mass is 341 g/mol. The lowest BCUT2D eigenvalue weighted by Gasteiger charge is -2.13. The summed E-state index contributed by atoms with van der Waals surface area (Å²) in [5, 5.41) is 14.4. The van der Waals surface area contributed by atoms with Crippen LogP contribution in [0, 0.1) is 11.7 Å². The maximum Gasteiger partial charge on any atom is 0.138 e. The second-order valence-corrected chi connectivity index (χ2v) is 6.09. The van der Waals surface area contributed by atoms with E-state index in [2.05, 4.69) is 39.9 Å². The van der Waals surface area contributed by atoms with Gasteiger partial charge in [-0.15, -0.1) is 0 Å². The number of hydrogen-bond acceptors (Lipinski definition) is 3. The lowest BCUT2D eigenvalue weighted by Crippen LogP contribution is -2.13. The Labute approximate surface area is 125 Å². The predicted molar refractivity (Wildman–Crippen MR) is 77.6 cm³/mol. The van der Waals surface area contributed by atoms with Gasteiger partial charge in [-0.1, -0.05) is 29.8 Å². The molecular formula is C14H17BrFN3O. The fraction of sp³-hybridized carbons (Fsp3) is 0.429. The van der Waals surface area contributed by atoms with Crippen LogP contribution in [0.15, 0.2) is 29.0 Å². The topological polar surface area (TPSA) is 50.9 Å². The highest BCUT2D eigenvalue weighted by molar-refractivity contribution is 9.10. The van der Waals surface area contributed by atoms with Gasteiger partial charge in [0.1, 0.15) is 18.0 Å². The van der Waals surface area contributed by atoms with Gasteiger partial charge in [-0.05, 0) is 29.7 Å². The van der Waals surface area contributed by atoms with Gasteiger partial charge in [-0.25, -0.2) is 14.1 Å². The van der Waals surface area contributed by atoms with Crippen LogP contribution >= 0.6 is 15.9 Å². The Bertz CT molecular complexity index is 565. The van der Waals surface area contributed by atoms with Gasteiger partial charge in [0.15, 0.2) is 0 Å². The van der Waals surface area contributed by atoms with E-state index in [0.717, 1.165) is 6.54 Å². The highest BCUT2D eigenvalue weighted by Crippen LogP contribution is 2.22. The smallest absolute Gasteiger partial charge is 0.138 e. The summed E-state index contributed by atoms with van der Waals surface area (Å²) in [7, 11) is 0. The van der Waals surface area contributed by atoms with Gasteiger partial charge in [-0.2, -0.15) is 5.10 Å². The highest BCUT2D eigenvalue weighted by Gasteiger charge is 2.15. The maximum atomic E-state index is 13.3. The zero-order valence-corrected chi connectivity index (χ0v) is 13.0. The van der Waals surface area contributed by atoms with Crippen LogP contribution in [-0.2, 0) is 13.0 Å². The minimum absolute atomic E-state index is 0.308. The molecule has 0 bridgehead atoms. The molecule has 1 heterocycles. The van der Waals surface area contributed by atoms with Crippen molar-refractivity contribution in [2.75, 3.05) is 0 Å². The quantitative estimate of drug-likeness (QED) is 0.908. The summed E-state index contributed by atoms with van der Waals surface area (Å²) in [5.74, 6) is 0.763. The standard InChI is InChI=1S/C14H17BrFN3O/c1-9(2)7-19-14(17-8-18-19)6-13(20)10-3-11(15)5-12(16)4-10/h3-5,8-9,13,20H,6-7H2,1-2H3. The van der Waals surface area contributed by atoms with Crippen LogP contribution < -0.4 is 0 Å². The Kier molecular flexibility index (Phi) is 4.88. The molecule has 0 aliphatic heterocycles. The van der Waals surface area contributed by atoms with E-state index in [0.29, 0.717) is 28.2 Å². The lowest BCUT2D eigenvalue weighted by atomic mass is 10.1. The number of halogens is 2. The molecule has 0 radical (unpaired) electrons. The van der Waals surface area contributed by atoms with E-state index in [1.165, 1.54) is 18.5 Å². The second kappa shape index (κ2) is 6.45. The van der Waals surface area contributed by atoms with Crippen LogP contribution in [0.1, 0.15) is 31.3 Å². The van der Waals surface area contributed by atoms with E-state index >= 15 is 0 Å². The zero-order valence-electron chi connectivity index (χ0n) is 11.4. The number of hydrogen-bond donors (Lipinski definition) is 1. The summed E-state index contributed by atoms with van der Waals surface area (Å²) in [5.41, 5.74) is 0.524. The first-order valence-electron chi connectivity index (χ1n) is 6.46. The fourth-order valence-electron chi connectivity index (χ4n) is 2.00. The number of benzene rings is 1. The summed E-state index contributed by atoms with van der Waals surface area (Å²) in [6.45, 7) is 4.92. The van der Waals surface area contributed by atoms with Crippen molar-refractivity contribution in [3.05, 3.63) is 46.2 Å². The van der Waals surface area contributed by atoms with Crippen LogP contribution in [0.3, 0.4) is 0 Å². The molecule has 0 spiro atoms. The molecule has 2 aromatic rings. The van der Waals surface area contributed by atoms with Gasteiger partial charge < -0.3 is 5.11 Å². The third-order valence-corrected chi connectivity index (χ3v) is 3.34. The number of aliphatic hydroxyl groups excluding tert-OH is 1. The van der Waals surface area contributed by atoms with Crippen LogP contribution in [0.5, 0.6) is 0 Å². The van der Waals surface area contributed by atoms with Crippen LogP contribution in [0.4, 0.5) is 4.39 Å². The van der Waals surface area contributed by atoms with Gasteiger partial charge in [0.05, 0.1) is 6.10 Å². The van der Waals surface area contributed by atoms with Gasteiger partial charge in [0.25, 0.3) is 0 Å². The molecule has 1 atom stereocenters. The summed E-state index contributed by atoms with van der Waals surface area (Å²) in [6, 6.07) is 4.40. The third kappa shape index (κ3) is 3.86. The first-order valence-corrected chi connectivity index (χ1v) is 7.25. The molecule has 2 rings (SSSR count). The minimum atomic E-state index is -0.808. The van der Waals surface area contributed by atoms with Crippen LogP contribution in [0.2, 0.25) is 0 Å². The Morgan fingerprint density at radius 1 is 1.35 bits per heavy atom. The largest absolute Gasteiger partial charge is 0.388 e. The molecule has 20 heavy (non-hydrogen) atoms. The number of rotatable bonds is 5. The molecule has 0 amide bonds. The molecule has 0 aliphatic rings. The van der Waals surface area contributed by atoms with Crippen molar-refractivity contribution < 1.29 is 9.50 Å². The Balaban J connectivity index is 2.15. The summed E-state index contributed by atoms with van der Waals surface area (Å²) >= 11 is 3.22. The van der Waals surface area contributed by atoms with Gasteiger partial charge >= 0.3 is 0 Å². The van der Waals surface area contributed by atoms with Crippen molar-refractivity contribution in [2.24, 2.45) is 5.92 Å². The molecule has 1 aromatic heterocycles. The van der Waals surface area contributed by atoms with E-state index in [-0.39, 0.29) is 5.82 Å². The molecule has 0 fully saturated rings. The van der Waals surface area contributed by atoms with Crippen molar-refractivity contribution in [1.29, 1.82) is 0 Å². The number of nitrogens with zero attached hydrogens (tertiary/aromatic N) is 3. The molecule has 6 heteroatoms. The van der Waals surface area contributed by atoms with Gasteiger partial charge in [-0.3, -0.25) is 0 Å². The zero-order chi connectivity index (χ0) is 14.7. The summed E-state index contributed by atoms with van der Waals surface area (Å²) in [6.07, 6.45) is 0.978. The molecule has 108 valence electrons. The Morgan fingerprint density at radius 3 is 2.75 bits per heavy atom. The normalized spacial score (nSPS) is 12.9. The van der Waals surface area contributed by atoms with E-state index in [1.807, 2.05) is 0 Å². The average molecular weight is 342 g/mol. The molecule has 4 nitrogen and oxygen atoms in total. The minimum Gasteiger partial charge on any atom is -0.388 e. The highest BCUT2D eigenvalue weighted by atomic mass is 79.9.